The first kappa shape index (κ1) is 16.8. The van der Waals surface area contributed by atoms with Crippen molar-refractivity contribution in [3.8, 4) is 22.8 Å². The minimum Gasteiger partial charge on any atom is -0.508 e. The molecule has 0 saturated heterocycles. The number of phenolic OH excluding ortho intramolecular Hbond substituents is 1. The van der Waals surface area contributed by atoms with E-state index < -0.39 is 0 Å². The molecule has 0 unspecified atom stereocenters. The Labute approximate surface area is 159 Å². The molecule has 140 valence electrons. The molecular weight excluding hydrogens is 338 g/mol. The molecule has 4 bridgehead atoms. The Balaban J connectivity index is 1.62. The summed E-state index contributed by atoms with van der Waals surface area (Å²) >= 11 is 0. The number of phenols is 1. The van der Waals surface area contributed by atoms with E-state index in [1.165, 1.54) is 44.7 Å². The number of aromatic hydroxyl groups is 1. The molecular formula is C23H25NO3. The molecule has 0 spiro atoms. The fraction of sp³-hybridized carbons (Fsp3) is 0.478. The summed E-state index contributed by atoms with van der Waals surface area (Å²) in [7, 11) is 1.59. The van der Waals surface area contributed by atoms with E-state index in [1.54, 1.807) is 13.2 Å². The zero-order chi connectivity index (χ0) is 18.6. The summed E-state index contributed by atoms with van der Waals surface area (Å²) in [5.74, 6) is 3.35. The molecule has 0 atom stereocenters. The van der Waals surface area contributed by atoms with Crippen molar-refractivity contribution in [3.05, 3.63) is 41.6 Å². The van der Waals surface area contributed by atoms with E-state index in [-0.39, 0.29) is 5.41 Å². The van der Waals surface area contributed by atoms with Crippen LogP contribution >= 0.6 is 0 Å². The van der Waals surface area contributed by atoms with Crippen LogP contribution in [-0.4, -0.2) is 23.5 Å². The Morgan fingerprint density at radius 2 is 1.78 bits per heavy atom. The Morgan fingerprint density at radius 3 is 2.37 bits per heavy atom. The van der Waals surface area contributed by atoms with Gasteiger partial charge in [-0.1, -0.05) is 6.07 Å². The van der Waals surface area contributed by atoms with Crippen molar-refractivity contribution in [2.45, 2.75) is 43.9 Å². The normalized spacial score (nSPS) is 31.1. The van der Waals surface area contributed by atoms with Crippen molar-refractivity contribution in [1.29, 1.82) is 0 Å². The molecule has 4 saturated carbocycles. The highest BCUT2D eigenvalue weighted by molar-refractivity contribution is 5.80. The summed E-state index contributed by atoms with van der Waals surface area (Å²) < 4.78 is 5.43. The number of carbonyl (C=O) groups is 1. The van der Waals surface area contributed by atoms with Crippen molar-refractivity contribution < 1.29 is 14.6 Å². The number of rotatable bonds is 4. The van der Waals surface area contributed by atoms with Gasteiger partial charge in [0.05, 0.1) is 7.11 Å². The first-order chi connectivity index (χ1) is 13.1. The average Bonchev–Trinajstić information content (AvgIpc) is 2.66. The highest BCUT2D eigenvalue weighted by Gasteiger charge is 2.52. The average molecular weight is 363 g/mol. The van der Waals surface area contributed by atoms with Gasteiger partial charge >= 0.3 is 0 Å². The lowest BCUT2D eigenvalue weighted by Crippen LogP contribution is -2.48. The number of carbonyl (C=O) groups excluding carboxylic acids is 1. The van der Waals surface area contributed by atoms with Gasteiger partial charge in [0, 0.05) is 22.9 Å². The maximum Gasteiger partial charge on any atom is 0.221 e. The first-order valence-electron chi connectivity index (χ1n) is 9.93. The van der Waals surface area contributed by atoms with E-state index in [0.29, 0.717) is 17.2 Å². The number of ether oxygens (including phenoxy) is 1. The van der Waals surface area contributed by atoms with Crippen LogP contribution in [0.15, 0.2) is 30.5 Å². The van der Waals surface area contributed by atoms with Crippen molar-refractivity contribution in [3.63, 3.8) is 0 Å². The Kier molecular flexibility index (Phi) is 3.78. The number of nitrogens with zero attached hydrogens (tertiary/aromatic N) is 1. The van der Waals surface area contributed by atoms with Gasteiger partial charge in [-0.3, -0.25) is 4.79 Å². The van der Waals surface area contributed by atoms with Gasteiger partial charge in [0.15, 0.2) is 6.29 Å². The number of benzene rings is 1. The summed E-state index contributed by atoms with van der Waals surface area (Å²) in [6.07, 6.45) is 10.0. The SMILES string of the molecule is COc1ncc(C=O)cc1-c1ccc(O)c(C23CC4CC(CC(C4)C2)C3)c1. The number of pyridine rings is 1. The zero-order valence-corrected chi connectivity index (χ0v) is 15.6. The summed E-state index contributed by atoms with van der Waals surface area (Å²) in [5.41, 5.74) is 3.46. The molecule has 0 aliphatic heterocycles. The Bertz CT molecular complexity index is 869. The quantitative estimate of drug-likeness (QED) is 0.797. The predicted molar refractivity (Wildman–Crippen MR) is 103 cm³/mol. The van der Waals surface area contributed by atoms with E-state index in [0.717, 1.165) is 40.7 Å². The van der Waals surface area contributed by atoms with Gasteiger partial charge in [-0.05, 0) is 85.5 Å². The van der Waals surface area contributed by atoms with Crippen LogP contribution in [0.1, 0.15) is 54.4 Å². The van der Waals surface area contributed by atoms with Gasteiger partial charge in [0.25, 0.3) is 0 Å². The molecule has 1 aromatic carbocycles. The largest absolute Gasteiger partial charge is 0.508 e. The molecule has 1 aromatic heterocycles. The van der Waals surface area contributed by atoms with Crippen LogP contribution in [0.2, 0.25) is 0 Å². The molecule has 6 rings (SSSR count). The topological polar surface area (TPSA) is 59.4 Å². The fourth-order valence-electron chi connectivity index (χ4n) is 6.47. The highest BCUT2D eigenvalue weighted by atomic mass is 16.5. The second-order valence-corrected chi connectivity index (χ2v) is 8.87. The van der Waals surface area contributed by atoms with Gasteiger partial charge in [-0.15, -0.1) is 0 Å². The molecule has 0 amide bonds. The molecule has 27 heavy (non-hydrogen) atoms. The summed E-state index contributed by atoms with van der Waals surface area (Å²) in [4.78, 5) is 15.5. The van der Waals surface area contributed by atoms with Crippen LogP contribution in [0.25, 0.3) is 11.1 Å². The maximum atomic E-state index is 11.2. The fourth-order valence-corrected chi connectivity index (χ4v) is 6.47. The van der Waals surface area contributed by atoms with Crippen LogP contribution in [0.3, 0.4) is 0 Å². The third kappa shape index (κ3) is 2.65. The maximum absolute atomic E-state index is 11.2. The molecule has 1 N–H and O–H groups in total. The first-order valence-corrected chi connectivity index (χ1v) is 9.93. The molecule has 1 heterocycles. The number of aldehydes is 1. The van der Waals surface area contributed by atoms with Gasteiger partial charge in [-0.2, -0.15) is 0 Å². The standard InChI is InChI=1S/C23H25NO3/c1-27-22-19(7-17(13-25)12-24-22)18-2-3-21(26)20(8-18)23-9-14-4-15(10-23)6-16(5-14)11-23/h2-3,7-8,12-16,26H,4-6,9-11H2,1H3. The zero-order valence-electron chi connectivity index (χ0n) is 15.6. The van der Waals surface area contributed by atoms with Crippen LogP contribution < -0.4 is 4.74 Å². The lowest BCUT2D eigenvalue weighted by Gasteiger charge is -2.57. The van der Waals surface area contributed by atoms with Gasteiger partial charge < -0.3 is 9.84 Å². The summed E-state index contributed by atoms with van der Waals surface area (Å²) in [6.45, 7) is 0. The van der Waals surface area contributed by atoms with E-state index >= 15 is 0 Å². The smallest absolute Gasteiger partial charge is 0.221 e. The minimum atomic E-state index is 0.109. The molecule has 4 nitrogen and oxygen atoms in total. The van der Waals surface area contributed by atoms with Crippen LogP contribution in [0.4, 0.5) is 0 Å². The monoisotopic (exact) mass is 363 g/mol. The van der Waals surface area contributed by atoms with E-state index in [4.69, 9.17) is 4.74 Å². The van der Waals surface area contributed by atoms with Crippen molar-refractivity contribution >= 4 is 6.29 Å². The lowest BCUT2D eigenvalue weighted by atomic mass is 9.48. The summed E-state index contributed by atoms with van der Waals surface area (Å²) in [6, 6.07) is 7.63. The minimum absolute atomic E-state index is 0.109. The predicted octanol–water partition coefficient (Wildman–Crippen LogP) is 4.74. The van der Waals surface area contributed by atoms with Gasteiger partial charge in [0.1, 0.15) is 5.75 Å². The van der Waals surface area contributed by atoms with E-state index in [2.05, 4.69) is 11.1 Å². The van der Waals surface area contributed by atoms with E-state index in [9.17, 15) is 9.90 Å². The molecule has 4 aliphatic carbocycles. The number of hydrogen-bond acceptors (Lipinski definition) is 4. The lowest BCUT2D eigenvalue weighted by molar-refractivity contribution is -0.00611. The molecule has 4 fully saturated rings. The highest BCUT2D eigenvalue weighted by Crippen LogP contribution is 2.62. The summed E-state index contributed by atoms with van der Waals surface area (Å²) in [5, 5.41) is 10.8. The third-order valence-corrected chi connectivity index (χ3v) is 7.12. The van der Waals surface area contributed by atoms with Crippen LogP contribution in [0.5, 0.6) is 11.6 Å². The number of hydrogen-bond donors (Lipinski definition) is 1. The van der Waals surface area contributed by atoms with Crippen molar-refractivity contribution in [2.24, 2.45) is 17.8 Å². The molecule has 0 radical (unpaired) electrons. The van der Waals surface area contributed by atoms with Gasteiger partial charge in [-0.25, -0.2) is 4.98 Å². The number of aromatic nitrogens is 1. The Hall–Kier alpha value is -2.36. The molecule has 4 aliphatic rings. The van der Waals surface area contributed by atoms with E-state index in [1.807, 2.05) is 12.1 Å². The van der Waals surface area contributed by atoms with Crippen LogP contribution in [-0.2, 0) is 5.41 Å². The van der Waals surface area contributed by atoms with Crippen LogP contribution in [0, 0.1) is 17.8 Å². The van der Waals surface area contributed by atoms with Crippen molar-refractivity contribution in [2.75, 3.05) is 7.11 Å². The third-order valence-electron chi connectivity index (χ3n) is 7.12. The van der Waals surface area contributed by atoms with Gasteiger partial charge in [0.2, 0.25) is 5.88 Å². The second kappa shape index (κ2) is 6.08. The number of methoxy groups -OCH3 is 1. The second-order valence-electron chi connectivity index (χ2n) is 8.87. The molecule has 2 aromatic rings. The molecule has 4 heteroatoms. The van der Waals surface area contributed by atoms with Crippen molar-refractivity contribution in [1.82, 2.24) is 4.98 Å². The Morgan fingerprint density at radius 1 is 1.11 bits per heavy atom.